The van der Waals surface area contributed by atoms with E-state index in [9.17, 15) is 8.78 Å². The maximum Gasteiger partial charge on any atom is 0.137 e. The Labute approximate surface area is 81.0 Å². The lowest BCUT2D eigenvalue weighted by Crippen LogP contribution is -2.05. The monoisotopic (exact) mass is 199 g/mol. The van der Waals surface area contributed by atoms with Gasteiger partial charge in [-0.3, -0.25) is 0 Å². The summed E-state index contributed by atoms with van der Waals surface area (Å²) in [6.45, 7) is 3.67. The van der Waals surface area contributed by atoms with Gasteiger partial charge in [0.1, 0.15) is 17.4 Å². The van der Waals surface area contributed by atoms with Gasteiger partial charge in [0.15, 0.2) is 0 Å². The van der Waals surface area contributed by atoms with Gasteiger partial charge >= 0.3 is 0 Å². The standard InChI is InChI=1S/C10H11F2NO/c1-6(5-13)10-8(12)3-7(11)4-9(10)14-2/h3-4H,1,5,13H2,2H3. The van der Waals surface area contributed by atoms with Gasteiger partial charge < -0.3 is 10.5 Å². The summed E-state index contributed by atoms with van der Waals surface area (Å²) in [6, 6.07) is 1.87. The Morgan fingerprint density at radius 1 is 1.50 bits per heavy atom. The summed E-state index contributed by atoms with van der Waals surface area (Å²) in [4.78, 5) is 0. The molecule has 4 heteroatoms. The number of rotatable bonds is 3. The smallest absolute Gasteiger partial charge is 0.137 e. The number of benzene rings is 1. The van der Waals surface area contributed by atoms with Gasteiger partial charge in [-0.05, 0) is 5.57 Å². The molecule has 0 atom stereocenters. The van der Waals surface area contributed by atoms with Crippen LogP contribution in [-0.2, 0) is 0 Å². The van der Waals surface area contributed by atoms with Gasteiger partial charge in [0.05, 0.1) is 12.7 Å². The molecule has 0 radical (unpaired) electrons. The summed E-state index contributed by atoms with van der Waals surface area (Å²) in [5.41, 5.74) is 5.83. The molecule has 0 fully saturated rings. The lowest BCUT2D eigenvalue weighted by atomic mass is 10.1. The van der Waals surface area contributed by atoms with Crippen LogP contribution >= 0.6 is 0 Å². The van der Waals surface area contributed by atoms with E-state index in [4.69, 9.17) is 10.5 Å². The van der Waals surface area contributed by atoms with Crippen LogP contribution in [0.1, 0.15) is 5.56 Å². The van der Waals surface area contributed by atoms with Crippen molar-refractivity contribution in [1.29, 1.82) is 0 Å². The van der Waals surface area contributed by atoms with Crippen LogP contribution in [0.4, 0.5) is 8.78 Å². The van der Waals surface area contributed by atoms with Crippen LogP contribution < -0.4 is 10.5 Å². The van der Waals surface area contributed by atoms with Crippen molar-refractivity contribution in [2.24, 2.45) is 5.73 Å². The number of ether oxygens (including phenoxy) is 1. The van der Waals surface area contributed by atoms with Crippen molar-refractivity contribution in [2.45, 2.75) is 0 Å². The molecule has 0 bridgehead atoms. The molecule has 1 aromatic rings. The Bertz CT molecular complexity index is 363. The third-order valence-electron chi connectivity index (χ3n) is 1.84. The van der Waals surface area contributed by atoms with Gasteiger partial charge in [-0.2, -0.15) is 0 Å². The summed E-state index contributed by atoms with van der Waals surface area (Å²) in [7, 11) is 1.33. The highest BCUT2D eigenvalue weighted by Gasteiger charge is 2.13. The highest BCUT2D eigenvalue weighted by Crippen LogP contribution is 2.28. The molecule has 0 spiro atoms. The van der Waals surface area contributed by atoms with E-state index in [1.54, 1.807) is 0 Å². The topological polar surface area (TPSA) is 35.2 Å². The quantitative estimate of drug-likeness (QED) is 0.807. The van der Waals surface area contributed by atoms with E-state index in [-0.39, 0.29) is 17.9 Å². The molecule has 1 aromatic carbocycles. The van der Waals surface area contributed by atoms with Crippen LogP contribution in [0, 0.1) is 11.6 Å². The molecule has 0 aromatic heterocycles. The third-order valence-corrected chi connectivity index (χ3v) is 1.84. The highest BCUT2D eigenvalue weighted by molar-refractivity contribution is 5.70. The van der Waals surface area contributed by atoms with Crippen molar-refractivity contribution in [1.82, 2.24) is 0 Å². The highest BCUT2D eigenvalue weighted by atomic mass is 19.1. The second kappa shape index (κ2) is 4.19. The molecule has 0 aliphatic rings. The average Bonchev–Trinajstić information content (AvgIpc) is 2.15. The maximum absolute atomic E-state index is 13.3. The van der Waals surface area contributed by atoms with E-state index in [0.717, 1.165) is 12.1 Å². The van der Waals surface area contributed by atoms with Gasteiger partial charge in [0.2, 0.25) is 0 Å². The Hall–Kier alpha value is -1.42. The summed E-state index contributed by atoms with van der Waals surface area (Å²) >= 11 is 0. The molecule has 76 valence electrons. The summed E-state index contributed by atoms with van der Waals surface area (Å²) in [6.07, 6.45) is 0. The second-order valence-corrected chi connectivity index (χ2v) is 2.77. The third kappa shape index (κ3) is 1.90. The molecule has 0 saturated heterocycles. The lowest BCUT2D eigenvalue weighted by Gasteiger charge is -2.10. The Balaban J connectivity index is 3.32. The SMILES string of the molecule is C=C(CN)c1c(F)cc(F)cc1OC. The van der Waals surface area contributed by atoms with Crippen molar-refractivity contribution >= 4 is 5.57 Å². The molecular weight excluding hydrogens is 188 g/mol. The van der Waals surface area contributed by atoms with E-state index >= 15 is 0 Å². The van der Waals surface area contributed by atoms with E-state index < -0.39 is 11.6 Å². The predicted molar refractivity (Wildman–Crippen MR) is 51.0 cm³/mol. The molecule has 0 aliphatic carbocycles. The van der Waals surface area contributed by atoms with Crippen molar-refractivity contribution in [3.8, 4) is 5.75 Å². The Morgan fingerprint density at radius 2 is 2.14 bits per heavy atom. The van der Waals surface area contributed by atoms with E-state index in [1.165, 1.54) is 7.11 Å². The maximum atomic E-state index is 13.3. The first-order valence-corrected chi connectivity index (χ1v) is 4.01. The first-order chi connectivity index (χ1) is 6.60. The second-order valence-electron chi connectivity index (χ2n) is 2.77. The van der Waals surface area contributed by atoms with Crippen molar-refractivity contribution in [3.63, 3.8) is 0 Å². The van der Waals surface area contributed by atoms with Gasteiger partial charge in [-0.15, -0.1) is 0 Å². The largest absolute Gasteiger partial charge is 0.496 e. The summed E-state index contributed by atoms with van der Waals surface area (Å²) in [5, 5.41) is 0. The number of nitrogens with two attached hydrogens (primary N) is 1. The lowest BCUT2D eigenvalue weighted by molar-refractivity contribution is 0.405. The molecule has 0 unspecified atom stereocenters. The summed E-state index contributed by atoms with van der Waals surface area (Å²) in [5.74, 6) is -1.29. The fourth-order valence-electron chi connectivity index (χ4n) is 1.16. The van der Waals surface area contributed by atoms with E-state index in [2.05, 4.69) is 6.58 Å². The van der Waals surface area contributed by atoms with Crippen LogP contribution in [0.3, 0.4) is 0 Å². The summed E-state index contributed by atoms with van der Waals surface area (Å²) < 4.78 is 30.9. The number of methoxy groups -OCH3 is 1. The minimum absolute atomic E-state index is 0.0961. The normalized spacial score (nSPS) is 10.0. The molecule has 2 nitrogen and oxygen atoms in total. The molecule has 1 rings (SSSR count). The fraction of sp³-hybridized carbons (Fsp3) is 0.200. The average molecular weight is 199 g/mol. The number of hydrogen-bond donors (Lipinski definition) is 1. The predicted octanol–water partition coefficient (Wildman–Crippen LogP) is 1.95. The first-order valence-electron chi connectivity index (χ1n) is 4.01. The zero-order valence-corrected chi connectivity index (χ0v) is 7.81. The fourth-order valence-corrected chi connectivity index (χ4v) is 1.16. The van der Waals surface area contributed by atoms with Crippen molar-refractivity contribution in [2.75, 3.05) is 13.7 Å². The molecule has 0 amide bonds. The van der Waals surface area contributed by atoms with Crippen LogP contribution in [0.15, 0.2) is 18.7 Å². The van der Waals surface area contributed by atoms with Crippen LogP contribution in [0.25, 0.3) is 5.57 Å². The van der Waals surface area contributed by atoms with Crippen molar-refractivity contribution in [3.05, 3.63) is 35.9 Å². The Kier molecular flexibility index (Phi) is 3.19. The van der Waals surface area contributed by atoms with Crippen LogP contribution in [0.2, 0.25) is 0 Å². The molecule has 0 aliphatic heterocycles. The van der Waals surface area contributed by atoms with Crippen LogP contribution in [0.5, 0.6) is 5.75 Å². The van der Waals surface area contributed by atoms with Gasteiger partial charge in [-0.25, -0.2) is 8.78 Å². The van der Waals surface area contributed by atoms with E-state index in [0.29, 0.717) is 5.57 Å². The molecule has 0 heterocycles. The Morgan fingerprint density at radius 3 is 2.64 bits per heavy atom. The zero-order chi connectivity index (χ0) is 10.7. The first kappa shape index (κ1) is 10.7. The molecular formula is C10H11F2NO. The van der Waals surface area contributed by atoms with Gasteiger partial charge in [0.25, 0.3) is 0 Å². The minimum Gasteiger partial charge on any atom is -0.496 e. The molecule has 14 heavy (non-hydrogen) atoms. The van der Waals surface area contributed by atoms with E-state index in [1.807, 2.05) is 0 Å². The van der Waals surface area contributed by atoms with Crippen molar-refractivity contribution < 1.29 is 13.5 Å². The van der Waals surface area contributed by atoms with Gasteiger partial charge in [0, 0.05) is 18.7 Å². The molecule has 2 N–H and O–H groups in total. The molecule has 0 saturated carbocycles. The number of hydrogen-bond acceptors (Lipinski definition) is 2. The minimum atomic E-state index is -0.711. The van der Waals surface area contributed by atoms with Crippen LogP contribution in [-0.4, -0.2) is 13.7 Å². The number of halogens is 2. The van der Waals surface area contributed by atoms with Gasteiger partial charge in [-0.1, -0.05) is 6.58 Å². The zero-order valence-electron chi connectivity index (χ0n) is 7.81.